The van der Waals surface area contributed by atoms with Gasteiger partial charge < -0.3 is 14.6 Å². The van der Waals surface area contributed by atoms with Crippen LogP contribution >= 0.6 is 0 Å². The van der Waals surface area contributed by atoms with Crippen molar-refractivity contribution in [1.82, 2.24) is 14.8 Å². The van der Waals surface area contributed by atoms with E-state index in [2.05, 4.69) is 60.1 Å². The normalized spacial score (nSPS) is 20.3. The molecular weight excluding hydrogens is 338 g/mol. The molecule has 27 heavy (non-hydrogen) atoms. The molecule has 3 rings (SSSR count). The molecular formula is C22H31N3O2. The second-order valence-corrected chi connectivity index (χ2v) is 7.74. The van der Waals surface area contributed by atoms with Crippen LogP contribution in [0.4, 0.5) is 0 Å². The maximum Gasteiger partial charge on any atom is 0.248 e. The Morgan fingerprint density at radius 1 is 1.22 bits per heavy atom. The largest absolute Gasteiger partial charge is 0.375 e. The number of aromatic nitrogens is 1. The first-order chi connectivity index (χ1) is 13.1. The lowest BCUT2D eigenvalue weighted by atomic mass is 9.88. The van der Waals surface area contributed by atoms with Gasteiger partial charge in [0.25, 0.3) is 0 Å². The fraction of sp³-hybridized carbons (Fsp3) is 0.500. The number of nitrogens with zero attached hydrogens (tertiary/aromatic N) is 2. The lowest BCUT2D eigenvalue weighted by molar-refractivity contribution is -0.137. The van der Waals surface area contributed by atoms with Gasteiger partial charge in [0.15, 0.2) is 0 Å². The molecule has 1 aromatic carbocycles. The van der Waals surface area contributed by atoms with E-state index in [-0.39, 0.29) is 18.6 Å². The molecule has 1 amide bonds. The molecule has 1 fully saturated rings. The molecule has 5 heteroatoms. The number of benzene rings is 1. The molecule has 2 atom stereocenters. The number of aromatic amines is 1. The first-order valence-electron chi connectivity index (χ1n) is 9.76. The number of rotatable bonds is 8. The lowest BCUT2D eigenvalue weighted by Gasteiger charge is -2.31. The summed E-state index contributed by atoms with van der Waals surface area (Å²) in [5.74, 6) is 0.908. The number of hydrogen-bond donors (Lipinski definition) is 1. The Hall–Kier alpha value is -2.11. The molecule has 2 heterocycles. The molecule has 0 aliphatic carbocycles. The smallest absolute Gasteiger partial charge is 0.248 e. The summed E-state index contributed by atoms with van der Waals surface area (Å²) in [6, 6.07) is 15.1. The highest BCUT2D eigenvalue weighted by Crippen LogP contribution is 2.34. The summed E-state index contributed by atoms with van der Waals surface area (Å²) in [5.41, 5.74) is 2.60. The molecule has 0 spiro atoms. The maximum absolute atomic E-state index is 12.5. The Kier molecular flexibility index (Phi) is 6.69. The first kappa shape index (κ1) is 19.6. The molecule has 1 aliphatic heterocycles. The third-order valence-corrected chi connectivity index (χ3v) is 5.44. The summed E-state index contributed by atoms with van der Waals surface area (Å²) in [4.78, 5) is 20.3. The van der Waals surface area contributed by atoms with Gasteiger partial charge in [-0.25, -0.2) is 0 Å². The van der Waals surface area contributed by atoms with Crippen LogP contribution in [-0.2, 0) is 16.1 Å². The van der Waals surface area contributed by atoms with E-state index in [9.17, 15) is 4.79 Å². The van der Waals surface area contributed by atoms with Crippen molar-refractivity contribution in [3.63, 3.8) is 0 Å². The van der Waals surface area contributed by atoms with E-state index in [0.717, 1.165) is 26.2 Å². The Bertz CT molecular complexity index is 700. The SMILES string of the molecule is COCC(=O)N(CC1CN(Cc2ccc[nH]2)CC1c1ccccc1)C(C)C. The quantitative estimate of drug-likeness (QED) is 0.778. The van der Waals surface area contributed by atoms with E-state index in [0.29, 0.717) is 11.8 Å². The van der Waals surface area contributed by atoms with Gasteiger partial charge in [-0.05, 0) is 37.5 Å². The van der Waals surface area contributed by atoms with Gasteiger partial charge in [-0.3, -0.25) is 9.69 Å². The summed E-state index contributed by atoms with van der Waals surface area (Å²) in [7, 11) is 1.58. The van der Waals surface area contributed by atoms with Gasteiger partial charge >= 0.3 is 0 Å². The zero-order chi connectivity index (χ0) is 19.2. The second kappa shape index (κ2) is 9.20. The number of nitrogens with one attached hydrogen (secondary N) is 1. The molecule has 0 saturated carbocycles. The lowest BCUT2D eigenvalue weighted by Crippen LogP contribution is -2.43. The fourth-order valence-corrected chi connectivity index (χ4v) is 4.12. The topological polar surface area (TPSA) is 48.6 Å². The predicted molar refractivity (Wildman–Crippen MR) is 107 cm³/mol. The standard InChI is InChI=1S/C22H31N3O2/c1-17(2)25(22(26)16-27-3)13-19-12-24(14-20-10-7-11-23-20)15-21(19)18-8-5-4-6-9-18/h4-11,17,19,21,23H,12-16H2,1-3H3. The Morgan fingerprint density at radius 3 is 2.63 bits per heavy atom. The van der Waals surface area contributed by atoms with Crippen LogP contribution in [0.25, 0.3) is 0 Å². The van der Waals surface area contributed by atoms with Crippen LogP contribution in [-0.4, -0.2) is 60.1 Å². The molecule has 1 aromatic heterocycles. The van der Waals surface area contributed by atoms with Gasteiger partial charge in [-0.2, -0.15) is 0 Å². The first-order valence-corrected chi connectivity index (χ1v) is 9.76. The minimum atomic E-state index is 0.0714. The third kappa shape index (κ3) is 4.99. The van der Waals surface area contributed by atoms with Crippen LogP contribution in [0.3, 0.4) is 0 Å². The monoisotopic (exact) mass is 369 g/mol. The van der Waals surface area contributed by atoms with E-state index in [1.54, 1.807) is 7.11 Å². The number of methoxy groups -OCH3 is 1. The van der Waals surface area contributed by atoms with Gasteiger partial charge in [0.2, 0.25) is 5.91 Å². The van der Waals surface area contributed by atoms with Crippen LogP contribution in [0.5, 0.6) is 0 Å². The van der Waals surface area contributed by atoms with Crippen molar-refractivity contribution in [2.75, 3.05) is 33.4 Å². The molecule has 5 nitrogen and oxygen atoms in total. The van der Waals surface area contributed by atoms with Crippen LogP contribution in [0.15, 0.2) is 48.7 Å². The van der Waals surface area contributed by atoms with Gasteiger partial charge in [-0.1, -0.05) is 30.3 Å². The number of likely N-dealkylation sites (tertiary alicyclic amines) is 1. The van der Waals surface area contributed by atoms with Crippen LogP contribution in [0.2, 0.25) is 0 Å². The van der Waals surface area contributed by atoms with Crippen molar-refractivity contribution in [1.29, 1.82) is 0 Å². The Morgan fingerprint density at radius 2 is 2.00 bits per heavy atom. The van der Waals surface area contributed by atoms with E-state index in [1.807, 2.05) is 17.2 Å². The van der Waals surface area contributed by atoms with Crippen molar-refractivity contribution in [3.05, 3.63) is 59.9 Å². The zero-order valence-electron chi connectivity index (χ0n) is 16.6. The van der Waals surface area contributed by atoms with Crippen molar-refractivity contribution in [3.8, 4) is 0 Å². The highest BCUT2D eigenvalue weighted by molar-refractivity contribution is 5.77. The molecule has 2 unspecified atom stereocenters. The average Bonchev–Trinajstić information content (AvgIpc) is 3.30. The summed E-state index contributed by atoms with van der Waals surface area (Å²) in [6.07, 6.45) is 1.97. The molecule has 1 saturated heterocycles. The Balaban J connectivity index is 1.77. The summed E-state index contributed by atoms with van der Waals surface area (Å²) >= 11 is 0. The van der Waals surface area contributed by atoms with E-state index in [1.165, 1.54) is 11.3 Å². The summed E-state index contributed by atoms with van der Waals surface area (Å²) in [6.45, 7) is 7.99. The highest BCUT2D eigenvalue weighted by atomic mass is 16.5. The van der Waals surface area contributed by atoms with Crippen molar-refractivity contribution in [2.45, 2.75) is 32.4 Å². The van der Waals surface area contributed by atoms with Crippen LogP contribution < -0.4 is 0 Å². The van der Waals surface area contributed by atoms with E-state index >= 15 is 0 Å². The minimum absolute atomic E-state index is 0.0714. The molecule has 1 N–H and O–H groups in total. The molecule has 0 bridgehead atoms. The predicted octanol–water partition coefficient (Wildman–Crippen LogP) is 3.11. The van der Waals surface area contributed by atoms with Crippen LogP contribution in [0.1, 0.15) is 31.0 Å². The fourth-order valence-electron chi connectivity index (χ4n) is 4.12. The van der Waals surface area contributed by atoms with Gasteiger partial charge in [0.05, 0.1) is 0 Å². The zero-order valence-corrected chi connectivity index (χ0v) is 16.6. The second-order valence-electron chi connectivity index (χ2n) is 7.74. The average molecular weight is 370 g/mol. The number of carbonyl (C=O) groups excluding carboxylic acids is 1. The number of amides is 1. The van der Waals surface area contributed by atoms with Crippen molar-refractivity contribution >= 4 is 5.91 Å². The third-order valence-electron chi connectivity index (χ3n) is 5.44. The highest BCUT2D eigenvalue weighted by Gasteiger charge is 2.36. The van der Waals surface area contributed by atoms with E-state index in [4.69, 9.17) is 4.74 Å². The number of hydrogen-bond acceptors (Lipinski definition) is 3. The number of ether oxygens (including phenoxy) is 1. The van der Waals surface area contributed by atoms with Crippen molar-refractivity contribution in [2.24, 2.45) is 5.92 Å². The number of carbonyl (C=O) groups is 1. The molecule has 146 valence electrons. The Labute approximate surface area is 162 Å². The van der Waals surface area contributed by atoms with Gasteiger partial charge in [-0.15, -0.1) is 0 Å². The van der Waals surface area contributed by atoms with E-state index < -0.39 is 0 Å². The molecule has 2 aromatic rings. The number of H-pyrrole nitrogens is 1. The van der Waals surface area contributed by atoms with Crippen LogP contribution in [0, 0.1) is 5.92 Å². The molecule has 0 radical (unpaired) electrons. The molecule has 1 aliphatic rings. The minimum Gasteiger partial charge on any atom is -0.375 e. The maximum atomic E-state index is 12.5. The van der Waals surface area contributed by atoms with Crippen molar-refractivity contribution < 1.29 is 9.53 Å². The summed E-state index contributed by atoms with van der Waals surface area (Å²) < 4.78 is 5.10. The van der Waals surface area contributed by atoms with Gasteiger partial charge in [0, 0.05) is 57.1 Å². The van der Waals surface area contributed by atoms with Gasteiger partial charge in [0.1, 0.15) is 6.61 Å². The summed E-state index contributed by atoms with van der Waals surface area (Å²) in [5, 5.41) is 0.